The molecule has 0 N–H and O–H groups in total. The maximum atomic E-state index is 12.9. The van der Waals surface area contributed by atoms with Gasteiger partial charge in [-0.1, -0.05) is 5.16 Å². The van der Waals surface area contributed by atoms with Crippen LogP contribution in [0.4, 0.5) is 0 Å². The van der Waals surface area contributed by atoms with Crippen LogP contribution >= 0.6 is 0 Å². The predicted molar refractivity (Wildman–Crippen MR) is 86.5 cm³/mol. The first kappa shape index (κ1) is 17.0. The Labute approximate surface area is 141 Å². The molecule has 1 aromatic rings. The summed E-state index contributed by atoms with van der Waals surface area (Å²) in [6.45, 7) is 4.98. The van der Waals surface area contributed by atoms with Gasteiger partial charge in [0.05, 0.1) is 12.0 Å². The highest BCUT2D eigenvalue weighted by molar-refractivity contribution is 5.92. The molecule has 0 aromatic carbocycles. The molecule has 1 spiro atoms. The Morgan fingerprint density at radius 1 is 1.33 bits per heavy atom. The number of ether oxygens (including phenoxy) is 1. The molecule has 0 unspecified atom stereocenters. The lowest BCUT2D eigenvalue weighted by Crippen LogP contribution is -2.54. The molecule has 24 heavy (non-hydrogen) atoms. The largest absolute Gasteiger partial charge is 0.383 e. The number of carbonyl (C=O) groups excluding carboxylic acids is 2. The van der Waals surface area contributed by atoms with E-state index in [2.05, 4.69) is 5.16 Å². The summed E-state index contributed by atoms with van der Waals surface area (Å²) < 4.78 is 10.1. The number of carbonyl (C=O) groups is 2. The fourth-order valence-corrected chi connectivity index (χ4v) is 3.80. The lowest BCUT2D eigenvalue weighted by atomic mass is 9.71. The molecule has 1 aromatic heterocycles. The molecular weight excluding hydrogens is 310 g/mol. The first-order chi connectivity index (χ1) is 11.6. The number of likely N-dealkylation sites (tertiary alicyclic amines) is 2. The van der Waals surface area contributed by atoms with E-state index in [1.54, 1.807) is 25.0 Å². The highest BCUT2D eigenvalue weighted by Gasteiger charge is 2.46. The van der Waals surface area contributed by atoms with Crippen molar-refractivity contribution < 1.29 is 18.8 Å². The van der Waals surface area contributed by atoms with E-state index in [1.807, 2.05) is 4.90 Å². The van der Waals surface area contributed by atoms with Gasteiger partial charge in [0.25, 0.3) is 5.91 Å². The maximum Gasteiger partial charge on any atom is 0.276 e. The number of hydrogen-bond acceptors (Lipinski definition) is 5. The van der Waals surface area contributed by atoms with E-state index in [1.165, 1.54) is 0 Å². The van der Waals surface area contributed by atoms with Crippen LogP contribution in [0.15, 0.2) is 10.6 Å². The standard InChI is InChI=1S/C17H25N3O4/c1-13-12-14(18-24-13)15(21)19-8-5-17(6-9-19)4-3-7-20(16(17)22)10-11-23-2/h12H,3-11H2,1-2H3. The van der Waals surface area contributed by atoms with Crippen LogP contribution in [0.1, 0.15) is 41.9 Å². The average molecular weight is 335 g/mol. The zero-order valence-corrected chi connectivity index (χ0v) is 14.4. The first-order valence-corrected chi connectivity index (χ1v) is 8.57. The Balaban J connectivity index is 1.63. The van der Waals surface area contributed by atoms with E-state index in [-0.39, 0.29) is 17.2 Å². The van der Waals surface area contributed by atoms with Crippen LogP contribution in [-0.2, 0) is 9.53 Å². The smallest absolute Gasteiger partial charge is 0.276 e. The van der Waals surface area contributed by atoms with Crippen LogP contribution in [0, 0.1) is 12.3 Å². The predicted octanol–water partition coefficient (Wildman–Crippen LogP) is 1.47. The molecule has 3 heterocycles. The molecule has 2 aliphatic heterocycles. The van der Waals surface area contributed by atoms with Gasteiger partial charge in [0.15, 0.2) is 5.69 Å². The summed E-state index contributed by atoms with van der Waals surface area (Å²) >= 11 is 0. The molecular formula is C17H25N3O4. The van der Waals surface area contributed by atoms with Crippen LogP contribution < -0.4 is 0 Å². The molecule has 0 saturated carbocycles. The Morgan fingerprint density at radius 3 is 2.71 bits per heavy atom. The summed E-state index contributed by atoms with van der Waals surface area (Å²) in [4.78, 5) is 29.1. The van der Waals surface area contributed by atoms with Gasteiger partial charge >= 0.3 is 0 Å². The van der Waals surface area contributed by atoms with Gasteiger partial charge < -0.3 is 19.1 Å². The summed E-state index contributed by atoms with van der Waals surface area (Å²) in [5.74, 6) is 0.749. The van der Waals surface area contributed by atoms with E-state index < -0.39 is 0 Å². The highest BCUT2D eigenvalue weighted by atomic mass is 16.5. The molecule has 0 bridgehead atoms. The average Bonchev–Trinajstić information content (AvgIpc) is 3.03. The summed E-state index contributed by atoms with van der Waals surface area (Å²) in [6, 6.07) is 1.66. The fraction of sp³-hybridized carbons (Fsp3) is 0.706. The van der Waals surface area contributed by atoms with E-state index in [4.69, 9.17) is 9.26 Å². The maximum absolute atomic E-state index is 12.9. The van der Waals surface area contributed by atoms with Crippen LogP contribution in [0.2, 0.25) is 0 Å². The van der Waals surface area contributed by atoms with Crippen molar-refractivity contribution in [2.24, 2.45) is 5.41 Å². The molecule has 2 saturated heterocycles. The highest BCUT2D eigenvalue weighted by Crippen LogP contribution is 2.41. The van der Waals surface area contributed by atoms with E-state index in [0.717, 1.165) is 32.2 Å². The van der Waals surface area contributed by atoms with Crippen LogP contribution in [-0.4, -0.2) is 66.7 Å². The third-order valence-corrected chi connectivity index (χ3v) is 5.24. The topological polar surface area (TPSA) is 75.9 Å². The minimum Gasteiger partial charge on any atom is -0.383 e. The van der Waals surface area contributed by atoms with E-state index in [0.29, 0.717) is 37.7 Å². The van der Waals surface area contributed by atoms with Crippen LogP contribution in [0.5, 0.6) is 0 Å². The normalized spacial score (nSPS) is 20.7. The van der Waals surface area contributed by atoms with Gasteiger partial charge in [0.1, 0.15) is 5.76 Å². The van der Waals surface area contributed by atoms with Gasteiger partial charge in [0, 0.05) is 39.4 Å². The second kappa shape index (κ2) is 6.93. The Kier molecular flexibility index (Phi) is 4.89. The van der Waals surface area contributed by atoms with Crippen molar-refractivity contribution in [1.82, 2.24) is 15.0 Å². The molecule has 2 aliphatic rings. The zero-order chi connectivity index (χ0) is 17.2. The third kappa shape index (κ3) is 3.17. The molecule has 2 amide bonds. The molecule has 0 aliphatic carbocycles. The van der Waals surface area contributed by atoms with Gasteiger partial charge in [-0.25, -0.2) is 0 Å². The summed E-state index contributed by atoms with van der Waals surface area (Å²) in [5.41, 5.74) is 0.0443. The molecule has 7 nitrogen and oxygen atoms in total. The molecule has 132 valence electrons. The Morgan fingerprint density at radius 2 is 2.08 bits per heavy atom. The lowest BCUT2D eigenvalue weighted by molar-refractivity contribution is -0.150. The second-order valence-corrected chi connectivity index (χ2v) is 6.78. The van der Waals surface area contributed by atoms with Crippen molar-refractivity contribution in [3.8, 4) is 0 Å². The van der Waals surface area contributed by atoms with Crippen molar-refractivity contribution in [2.75, 3.05) is 39.9 Å². The second-order valence-electron chi connectivity index (χ2n) is 6.78. The minimum absolute atomic E-state index is 0.110. The van der Waals surface area contributed by atoms with Crippen molar-refractivity contribution in [1.29, 1.82) is 0 Å². The minimum atomic E-state index is -0.303. The van der Waals surface area contributed by atoms with Gasteiger partial charge in [-0.15, -0.1) is 0 Å². The van der Waals surface area contributed by atoms with Crippen molar-refractivity contribution in [3.63, 3.8) is 0 Å². The van der Waals surface area contributed by atoms with Crippen molar-refractivity contribution >= 4 is 11.8 Å². The fourth-order valence-electron chi connectivity index (χ4n) is 3.80. The number of piperidine rings is 2. The SMILES string of the molecule is COCCN1CCCC2(CCN(C(=O)c3cc(C)on3)CC2)C1=O. The lowest BCUT2D eigenvalue weighted by Gasteiger charge is -2.46. The quantitative estimate of drug-likeness (QED) is 0.833. The first-order valence-electron chi connectivity index (χ1n) is 8.57. The summed E-state index contributed by atoms with van der Waals surface area (Å²) in [6.07, 6.45) is 3.38. The zero-order valence-electron chi connectivity index (χ0n) is 14.4. The number of methoxy groups -OCH3 is 1. The Hall–Kier alpha value is -1.89. The molecule has 0 atom stereocenters. The molecule has 0 radical (unpaired) electrons. The monoisotopic (exact) mass is 335 g/mol. The van der Waals surface area contributed by atoms with Gasteiger partial charge in [-0.2, -0.15) is 0 Å². The van der Waals surface area contributed by atoms with Crippen LogP contribution in [0.3, 0.4) is 0 Å². The number of hydrogen-bond donors (Lipinski definition) is 0. The number of aryl methyl sites for hydroxylation is 1. The number of amides is 2. The van der Waals surface area contributed by atoms with Crippen molar-refractivity contribution in [3.05, 3.63) is 17.5 Å². The third-order valence-electron chi connectivity index (χ3n) is 5.24. The summed E-state index contributed by atoms with van der Waals surface area (Å²) in [5, 5.41) is 3.80. The van der Waals surface area contributed by atoms with E-state index >= 15 is 0 Å². The van der Waals surface area contributed by atoms with Crippen LogP contribution in [0.25, 0.3) is 0 Å². The number of rotatable bonds is 4. The molecule has 7 heteroatoms. The molecule has 2 fully saturated rings. The number of aromatic nitrogens is 1. The van der Waals surface area contributed by atoms with Crippen molar-refractivity contribution in [2.45, 2.75) is 32.6 Å². The van der Waals surface area contributed by atoms with Gasteiger partial charge in [-0.05, 0) is 32.6 Å². The van der Waals surface area contributed by atoms with Gasteiger partial charge in [-0.3, -0.25) is 9.59 Å². The number of nitrogens with zero attached hydrogens (tertiary/aromatic N) is 3. The molecule has 3 rings (SSSR count). The van der Waals surface area contributed by atoms with E-state index in [9.17, 15) is 9.59 Å². The summed E-state index contributed by atoms with van der Waals surface area (Å²) in [7, 11) is 1.65. The Bertz CT molecular complexity index is 605. The van der Waals surface area contributed by atoms with Gasteiger partial charge in [0.2, 0.25) is 5.91 Å².